The molecule has 1 fully saturated rings. The highest BCUT2D eigenvalue weighted by atomic mass is 19.1. The summed E-state index contributed by atoms with van der Waals surface area (Å²) in [6.45, 7) is -0.810. The molecule has 1 saturated carbocycles. The van der Waals surface area contributed by atoms with Gasteiger partial charge in [-0.2, -0.15) is 0 Å². The van der Waals surface area contributed by atoms with Gasteiger partial charge in [0, 0.05) is 18.7 Å². The van der Waals surface area contributed by atoms with Gasteiger partial charge in [0.2, 0.25) is 0 Å². The molecule has 10 heteroatoms. The van der Waals surface area contributed by atoms with E-state index in [-0.39, 0.29) is 24.6 Å². The highest BCUT2D eigenvalue weighted by Gasteiger charge is 2.19. The lowest BCUT2D eigenvalue weighted by Gasteiger charge is -2.12. The number of ether oxygens (including phenoxy) is 1. The number of urea groups is 1. The molecule has 0 heterocycles. The van der Waals surface area contributed by atoms with Crippen molar-refractivity contribution >= 4 is 23.8 Å². The highest BCUT2D eigenvalue weighted by molar-refractivity contribution is 5.96. The molecule has 1 aliphatic rings. The molecule has 2 rings (SSSR count). The van der Waals surface area contributed by atoms with Gasteiger partial charge in [-0.15, -0.1) is 0 Å². The third-order valence-corrected chi connectivity index (χ3v) is 4.10. The van der Waals surface area contributed by atoms with Crippen LogP contribution in [0.4, 0.5) is 13.6 Å². The molecule has 8 nitrogen and oxygen atoms in total. The van der Waals surface area contributed by atoms with E-state index in [2.05, 4.69) is 16.0 Å². The maximum atomic E-state index is 13.5. The van der Waals surface area contributed by atoms with Crippen LogP contribution in [0.5, 0.6) is 0 Å². The standard InChI is InChI=1S/C18H21F2N3O5/c19-11-5-6-13(14(20)9-11)17(26)21-8-7-16(25)28-10-15(24)23-18(27)22-12-3-1-2-4-12/h5-6,9,12H,1-4,7-8,10H2,(H,21,26)(H2,22,23,24,27). The molecule has 28 heavy (non-hydrogen) atoms. The van der Waals surface area contributed by atoms with Crippen molar-refractivity contribution in [3.63, 3.8) is 0 Å². The lowest BCUT2D eigenvalue weighted by molar-refractivity contribution is -0.148. The highest BCUT2D eigenvalue weighted by Crippen LogP contribution is 2.17. The number of imide groups is 1. The summed E-state index contributed by atoms with van der Waals surface area (Å²) in [7, 11) is 0. The Morgan fingerprint density at radius 2 is 1.82 bits per heavy atom. The van der Waals surface area contributed by atoms with Crippen molar-refractivity contribution in [3.8, 4) is 0 Å². The molecule has 1 aliphatic carbocycles. The van der Waals surface area contributed by atoms with Crippen LogP contribution in [0.2, 0.25) is 0 Å². The number of nitrogens with one attached hydrogen (secondary N) is 3. The number of carbonyl (C=O) groups excluding carboxylic acids is 4. The zero-order valence-electron chi connectivity index (χ0n) is 15.1. The van der Waals surface area contributed by atoms with Crippen LogP contribution in [0.25, 0.3) is 0 Å². The second kappa shape index (κ2) is 10.3. The molecule has 0 saturated heterocycles. The monoisotopic (exact) mass is 397 g/mol. The Morgan fingerprint density at radius 1 is 1.11 bits per heavy atom. The van der Waals surface area contributed by atoms with Gasteiger partial charge >= 0.3 is 12.0 Å². The van der Waals surface area contributed by atoms with Crippen LogP contribution in [0.1, 0.15) is 42.5 Å². The van der Waals surface area contributed by atoms with Gasteiger partial charge in [-0.05, 0) is 25.0 Å². The first-order chi connectivity index (χ1) is 13.3. The molecule has 0 bridgehead atoms. The average molecular weight is 397 g/mol. The van der Waals surface area contributed by atoms with E-state index < -0.39 is 42.1 Å². The van der Waals surface area contributed by atoms with Crippen LogP contribution in [-0.2, 0) is 14.3 Å². The van der Waals surface area contributed by atoms with Crippen LogP contribution in [0, 0.1) is 11.6 Å². The van der Waals surface area contributed by atoms with Crippen molar-refractivity contribution in [2.75, 3.05) is 13.2 Å². The first kappa shape index (κ1) is 21.3. The summed E-state index contributed by atoms with van der Waals surface area (Å²) in [6.07, 6.45) is 3.52. The first-order valence-corrected chi connectivity index (χ1v) is 8.84. The van der Waals surface area contributed by atoms with Crippen molar-refractivity contribution in [1.29, 1.82) is 0 Å². The largest absolute Gasteiger partial charge is 0.456 e. The van der Waals surface area contributed by atoms with E-state index in [1.165, 1.54) is 0 Å². The van der Waals surface area contributed by atoms with E-state index in [1.807, 2.05) is 0 Å². The second-order valence-corrected chi connectivity index (χ2v) is 6.29. The lowest BCUT2D eigenvalue weighted by atomic mass is 10.2. The fourth-order valence-electron chi connectivity index (χ4n) is 2.72. The molecular weight excluding hydrogens is 376 g/mol. The van der Waals surface area contributed by atoms with Gasteiger partial charge in [-0.3, -0.25) is 19.7 Å². The molecule has 0 aromatic heterocycles. The molecule has 0 spiro atoms. The van der Waals surface area contributed by atoms with Crippen molar-refractivity contribution in [2.24, 2.45) is 0 Å². The van der Waals surface area contributed by atoms with E-state index in [9.17, 15) is 28.0 Å². The summed E-state index contributed by atoms with van der Waals surface area (Å²) >= 11 is 0. The van der Waals surface area contributed by atoms with E-state index in [1.54, 1.807) is 0 Å². The SMILES string of the molecule is O=C(COC(=O)CCNC(=O)c1ccc(F)cc1F)NC(=O)NC1CCCC1. The van der Waals surface area contributed by atoms with Gasteiger partial charge in [0.1, 0.15) is 11.6 Å². The Balaban J connectivity index is 1.62. The fraction of sp³-hybridized carbons (Fsp3) is 0.444. The van der Waals surface area contributed by atoms with Crippen molar-refractivity contribution in [3.05, 3.63) is 35.4 Å². The van der Waals surface area contributed by atoms with Crippen molar-refractivity contribution in [1.82, 2.24) is 16.0 Å². The number of hydrogen-bond acceptors (Lipinski definition) is 5. The summed E-state index contributed by atoms with van der Waals surface area (Å²) in [5.74, 6) is -4.21. The minimum absolute atomic E-state index is 0.0462. The third-order valence-electron chi connectivity index (χ3n) is 4.10. The van der Waals surface area contributed by atoms with Gasteiger partial charge in [-0.25, -0.2) is 13.6 Å². The van der Waals surface area contributed by atoms with E-state index >= 15 is 0 Å². The number of amides is 4. The predicted molar refractivity (Wildman–Crippen MR) is 93.2 cm³/mol. The number of hydrogen-bond donors (Lipinski definition) is 3. The summed E-state index contributed by atoms with van der Waals surface area (Å²) in [5.41, 5.74) is -0.359. The van der Waals surface area contributed by atoms with Crippen molar-refractivity contribution in [2.45, 2.75) is 38.1 Å². The molecule has 3 N–H and O–H groups in total. The Morgan fingerprint density at radius 3 is 2.50 bits per heavy atom. The Labute approximate surface area is 160 Å². The maximum Gasteiger partial charge on any atom is 0.321 e. The zero-order valence-corrected chi connectivity index (χ0v) is 15.1. The Bertz CT molecular complexity index is 751. The molecule has 1 aromatic carbocycles. The van der Waals surface area contributed by atoms with Gasteiger partial charge in [0.05, 0.1) is 12.0 Å². The topological polar surface area (TPSA) is 114 Å². The maximum absolute atomic E-state index is 13.5. The molecule has 4 amide bonds. The molecule has 1 aromatic rings. The molecule has 152 valence electrons. The molecule has 0 atom stereocenters. The summed E-state index contributed by atoms with van der Waals surface area (Å²) in [5, 5.41) is 7.00. The quantitative estimate of drug-likeness (QED) is 0.602. The molecule has 0 aliphatic heterocycles. The number of benzene rings is 1. The predicted octanol–water partition coefficient (Wildman–Crippen LogP) is 1.40. The summed E-state index contributed by atoms with van der Waals surface area (Å²) in [6, 6.07) is 1.91. The fourth-order valence-corrected chi connectivity index (χ4v) is 2.72. The number of esters is 1. The van der Waals surface area contributed by atoms with Gasteiger partial charge < -0.3 is 15.4 Å². The summed E-state index contributed by atoms with van der Waals surface area (Å²) in [4.78, 5) is 46.5. The van der Waals surface area contributed by atoms with Gasteiger partial charge in [0.15, 0.2) is 6.61 Å². The van der Waals surface area contributed by atoms with Gasteiger partial charge in [-0.1, -0.05) is 12.8 Å². The van der Waals surface area contributed by atoms with E-state index in [0.717, 1.165) is 37.8 Å². The number of carbonyl (C=O) groups is 4. The molecular formula is C18H21F2N3O5. The van der Waals surface area contributed by atoms with E-state index in [0.29, 0.717) is 6.07 Å². The Kier molecular flexibility index (Phi) is 7.85. The molecule has 0 radical (unpaired) electrons. The van der Waals surface area contributed by atoms with Crippen LogP contribution < -0.4 is 16.0 Å². The van der Waals surface area contributed by atoms with Crippen LogP contribution in [0.3, 0.4) is 0 Å². The zero-order chi connectivity index (χ0) is 20.5. The summed E-state index contributed by atoms with van der Waals surface area (Å²) < 4.78 is 31.0. The molecule has 0 unspecified atom stereocenters. The van der Waals surface area contributed by atoms with Crippen molar-refractivity contribution < 1.29 is 32.7 Å². The smallest absolute Gasteiger partial charge is 0.321 e. The normalized spacial score (nSPS) is 13.6. The second-order valence-electron chi connectivity index (χ2n) is 6.29. The van der Waals surface area contributed by atoms with Crippen LogP contribution in [0.15, 0.2) is 18.2 Å². The minimum Gasteiger partial charge on any atom is -0.456 e. The van der Waals surface area contributed by atoms with Gasteiger partial charge in [0.25, 0.3) is 11.8 Å². The van der Waals surface area contributed by atoms with Crippen LogP contribution in [-0.4, -0.2) is 43.0 Å². The lowest BCUT2D eigenvalue weighted by Crippen LogP contribution is -2.45. The number of rotatable bonds is 7. The average Bonchev–Trinajstić information content (AvgIpc) is 3.12. The minimum atomic E-state index is -1.02. The third kappa shape index (κ3) is 6.93. The van der Waals surface area contributed by atoms with E-state index in [4.69, 9.17) is 4.74 Å². The van der Waals surface area contributed by atoms with Crippen LogP contribution >= 0.6 is 0 Å². The number of halogens is 2. The Hall–Kier alpha value is -3.04. The first-order valence-electron chi connectivity index (χ1n) is 8.84.